The van der Waals surface area contributed by atoms with E-state index in [1.807, 2.05) is 0 Å². The lowest BCUT2D eigenvalue weighted by atomic mass is 9.86. The van der Waals surface area contributed by atoms with Crippen molar-refractivity contribution in [3.05, 3.63) is 0 Å². The van der Waals surface area contributed by atoms with E-state index < -0.39 is 111 Å². The van der Waals surface area contributed by atoms with Gasteiger partial charge in [-0.25, -0.2) is 0 Å². The van der Waals surface area contributed by atoms with Crippen LogP contribution in [0, 0.1) is 0 Å². The van der Waals surface area contributed by atoms with Crippen molar-refractivity contribution in [2.24, 2.45) is 0 Å². The Hall–Kier alpha value is -0.640. The highest BCUT2D eigenvalue weighted by atomic mass is 16.7. The third kappa shape index (κ3) is 5.09. The smallest absolute Gasteiger partial charge is 0.187 e. The first-order valence-corrected chi connectivity index (χ1v) is 10.6. The summed E-state index contributed by atoms with van der Waals surface area (Å²) in [6.45, 7) is -1.61. The van der Waals surface area contributed by atoms with Crippen molar-refractivity contribution in [1.29, 1.82) is 0 Å². The maximum atomic E-state index is 10.7. The van der Waals surface area contributed by atoms with E-state index in [2.05, 4.69) is 0 Å². The molecule has 16 atom stereocenters. The number of hydrogen-bond donors (Lipinski definition) is 12. The van der Waals surface area contributed by atoms with Gasteiger partial charge in [-0.15, -0.1) is 0 Å². The highest BCUT2D eigenvalue weighted by Gasteiger charge is 2.55. The first kappa shape index (κ1) is 27.9. The van der Waals surface area contributed by atoms with Crippen LogP contribution in [0.25, 0.3) is 0 Å². The molecule has 0 aromatic carbocycles. The molecule has 3 aliphatic heterocycles. The largest absolute Gasteiger partial charge is 0.394 e. The number of rotatable bonds is 6. The summed E-state index contributed by atoms with van der Waals surface area (Å²) in [6, 6.07) is 0. The lowest BCUT2D eigenvalue weighted by Gasteiger charge is -2.48. The molecule has 3 unspecified atom stereocenters. The minimum Gasteiger partial charge on any atom is -0.394 e. The van der Waals surface area contributed by atoms with Crippen LogP contribution in [0.3, 0.4) is 0 Å². The van der Waals surface area contributed by atoms with E-state index in [1.54, 1.807) is 0 Å². The average Bonchev–Trinajstić information content (AvgIpc) is 2.82. The van der Waals surface area contributed by atoms with Gasteiger partial charge in [0.15, 0.2) is 12.6 Å². The van der Waals surface area contributed by atoms with Crippen LogP contribution >= 0.6 is 0 Å². The Morgan fingerprint density at radius 1 is 0.559 bits per heavy atom. The molecule has 0 spiro atoms. The second-order valence-electron chi connectivity index (χ2n) is 8.55. The lowest BCUT2D eigenvalue weighted by Crippen LogP contribution is -2.69. The van der Waals surface area contributed by atoms with Gasteiger partial charge < -0.3 is 80.2 Å². The Balaban J connectivity index is 1.79. The molecule has 200 valence electrons. The number of aliphatic hydroxyl groups is 12. The van der Waals surface area contributed by atoms with E-state index in [9.17, 15) is 61.3 Å². The van der Waals surface area contributed by atoms with Gasteiger partial charge in [0.2, 0.25) is 0 Å². The van der Waals surface area contributed by atoms with Crippen LogP contribution in [0.1, 0.15) is 0 Å². The first-order valence-electron chi connectivity index (χ1n) is 10.6. The summed E-state index contributed by atoms with van der Waals surface area (Å²) in [5.41, 5.74) is 0. The zero-order valence-corrected chi connectivity index (χ0v) is 17.7. The van der Waals surface area contributed by atoms with Crippen molar-refractivity contribution < 1.29 is 80.2 Å². The van der Waals surface area contributed by atoms with Crippen molar-refractivity contribution in [3.8, 4) is 0 Å². The molecule has 3 fully saturated rings. The molecule has 0 aromatic heterocycles. The second kappa shape index (κ2) is 11.2. The molecule has 0 aliphatic carbocycles. The van der Waals surface area contributed by atoms with Crippen LogP contribution in [0.4, 0.5) is 0 Å². The van der Waals surface area contributed by atoms with Crippen LogP contribution < -0.4 is 0 Å². The standard InChI is InChI=1S/C18H32O16/c19-1-3-5(21)6(22)8(24)15(31-3)13(29)16-9(25)7(23)12(28)18(34-16)33-14-4(2-20)32-17(30)11(27)10(14)26/h3-30H,1-2H2/t3-,4-,5+,6+,7+,8-,9-,10-,11-,12-,13?,14-,15?,16+,17?,18-/m1/s1. The molecular weight excluding hydrogens is 472 g/mol. The second-order valence-corrected chi connectivity index (χ2v) is 8.55. The Bertz CT molecular complexity index is 651. The lowest BCUT2D eigenvalue weighted by molar-refractivity contribution is -0.365. The highest BCUT2D eigenvalue weighted by molar-refractivity contribution is 5.01. The van der Waals surface area contributed by atoms with Gasteiger partial charge in [-0.2, -0.15) is 0 Å². The maximum Gasteiger partial charge on any atom is 0.187 e. The van der Waals surface area contributed by atoms with E-state index in [1.165, 1.54) is 0 Å². The summed E-state index contributed by atoms with van der Waals surface area (Å²) in [6.07, 6.45) is -29.1. The fourth-order valence-electron chi connectivity index (χ4n) is 4.26. The Labute approximate surface area is 192 Å². The van der Waals surface area contributed by atoms with Gasteiger partial charge in [-0.1, -0.05) is 0 Å². The molecule has 34 heavy (non-hydrogen) atoms. The normalized spacial score (nSPS) is 53.5. The number of aliphatic hydroxyl groups excluding tert-OH is 12. The average molecular weight is 504 g/mol. The molecule has 3 saturated heterocycles. The van der Waals surface area contributed by atoms with Gasteiger partial charge in [-0.3, -0.25) is 0 Å². The zero-order valence-electron chi connectivity index (χ0n) is 17.7. The molecule has 0 saturated carbocycles. The quantitative estimate of drug-likeness (QED) is 0.160. The molecule has 3 heterocycles. The summed E-state index contributed by atoms with van der Waals surface area (Å²) >= 11 is 0. The fourth-order valence-corrected chi connectivity index (χ4v) is 4.26. The maximum absolute atomic E-state index is 10.7. The van der Waals surface area contributed by atoms with Crippen LogP contribution in [0.5, 0.6) is 0 Å². The third-order valence-electron chi connectivity index (χ3n) is 6.34. The Morgan fingerprint density at radius 3 is 1.65 bits per heavy atom. The van der Waals surface area contributed by atoms with Crippen LogP contribution in [-0.2, 0) is 18.9 Å². The molecular formula is C18H32O16. The predicted molar refractivity (Wildman–Crippen MR) is 101 cm³/mol. The van der Waals surface area contributed by atoms with Gasteiger partial charge >= 0.3 is 0 Å². The highest BCUT2D eigenvalue weighted by Crippen LogP contribution is 2.32. The molecule has 3 aliphatic rings. The number of ether oxygens (including phenoxy) is 4. The topological polar surface area (TPSA) is 280 Å². The minimum absolute atomic E-state index is 0.800. The van der Waals surface area contributed by atoms with Crippen LogP contribution in [0.2, 0.25) is 0 Å². The van der Waals surface area contributed by atoms with E-state index in [4.69, 9.17) is 18.9 Å². The van der Waals surface area contributed by atoms with Crippen molar-refractivity contribution in [2.45, 2.75) is 98.0 Å². The fraction of sp³-hybridized carbons (Fsp3) is 1.00. The molecule has 0 aromatic rings. The van der Waals surface area contributed by atoms with E-state index in [0.29, 0.717) is 0 Å². The molecule has 3 rings (SSSR count). The monoisotopic (exact) mass is 504 g/mol. The molecule has 16 heteroatoms. The Kier molecular flexibility index (Phi) is 9.18. The SMILES string of the molecule is OC[C@H]1OC(C(O)[C@H]2O[C@@H](O[C@H]3[C@H](O)[C@@H](O)C(O)O[C@@H]3CO)[C@H](O)[C@@H](O)[C@H]2O)[C@H](O)[C@@H](O)[C@H]1O. The van der Waals surface area contributed by atoms with E-state index in [-0.39, 0.29) is 0 Å². The minimum atomic E-state index is -2.02. The van der Waals surface area contributed by atoms with Gasteiger partial charge in [0.1, 0.15) is 85.5 Å². The van der Waals surface area contributed by atoms with Crippen LogP contribution in [-0.4, -0.2) is 173 Å². The summed E-state index contributed by atoms with van der Waals surface area (Å²) in [5.74, 6) is 0. The van der Waals surface area contributed by atoms with E-state index >= 15 is 0 Å². The van der Waals surface area contributed by atoms with Crippen LogP contribution in [0.15, 0.2) is 0 Å². The van der Waals surface area contributed by atoms with Gasteiger partial charge in [0, 0.05) is 0 Å². The van der Waals surface area contributed by atoms with E-state index in [0.717, 1.165) is 0 Å². The first-order chi connectivity index (χ1) is 15.9. The number of hydrogen-bond acceptors (Lipinski definition) is 16. The summed E-state index contributed by atoms with van der Waals surface area (Å²) in [5, 5.41) is 120. The van der Waals surface area contributed by atoms with Crippen molar-refractivity contribution >= 4 is 0 Å². The molecule has 16 nitrogen and oxygen atoms in total. The zero-order chi connectivity index (χ0) is 25.5. The van der Waals surface area contributed by atoms with Crippen molar-refractivity contribution in [1.82, 2.24) is 0 Å². The van der Waals surface area contributed by atoms with Gasteiger partial charge in [0.05, 0.1) is 13.2 Å². The third-order valence-corrected chi connectivity index (χ3v) is 6.34. The van der Waals surface area contributed by atoms with Gasteiger partial charge in [-0.05, 0) is 0 Å². The van der Waals surface area contributed by atoms with Crippen molar-refractivity contribution in [2.75, 3.05) is 13.2 Å². The molecule has 0 radical (unpaired) electrons. The molecule has 12 N–H and O–H groups in total. The molecule has 0 bridgehead atoms. The van der Waals surface area contributed by atoms with Gasteiger partial charge in [0.25, 0.3) is 0 Å². The van der Waals surface area contributed by atoms with Crippen molar-refractivity contribution in [3.63, 3.8) is 0 Å². The Morgan fingerprint density at radius 2 is 1.09 bits per heavy atom. The summed E-state index contributed by atoms with van der Waals surface area (Å²) in [7, 11) is 0. The summed E-state index contributed by atoms with van der Waals surface area (Å²) in [4.78, 5) is 0. The molecule has 0 amide bonds. The summed E-state index contributed by atoms with van der Waals surface area (Å²) < 4.78 is 20.9. The predicted octanol–water partition coefficient (Wildman–Crippen LogP) is -8.19.